The van der Waals surface area contributed by atoms with E-state index in [1.54, 1.807) is 29.2 Å². The van der Waals surface area contributed by atoms with Crippen LogP contribution >= 0.6 is 11.6 Å². The van der Waals surface area contributed by atoms with Gasteiger partial charge in [0.1, 0.15) is 0 Å². The molecule has 2 aromatic heterocycles. The highest BCUT2D eigenvalue weighted by Gasteiger charge is 2.17. The van der Waals surface area contributed by atoms with Crippen molar-refractivity contribution in [2.45, 2.75) is 6.42 Å². The first-order chi connectivity index (χ1) is 14.7. The number of rotatable bonds is 6. The van der Waals surface area contributed by atoms with Gasteiger partial charge in [-0.3, -0.25) is 9.52 Å². The van der Waals surface area contributed by atoms with Crippen molar-refractivity contribution in [2.75, 3.05) is 34.3 Å². The highest BCUT2D eigenvalue weighted by molar-refractivity contribution is 7.92. The smallest absolute Gasteiger partial charge is 0.257 e. The molecule has 0 unspecified atom stereocenters. The van der Waals surface area contributed by atoms with Gasteiger partial charge in [-0.1, -0.05) is 11.6 Å². The Morgan fingerprint density at radius 1 is 1.10 bits per heavy atom. The lowest BCUT2D eigenvalue weighted by Gasteiger charge is -2.32. The first kappa shape index (κ1) is 21.1. The molecule has 0 aliphatic carbocycles. The summed E-state index contributed by atoms with van der Waals surface area (Å²) in [5.41, 5.74) is 2.72. The molecule has 0 bridgehead atoms. The number of hydrogen-bond acceptors (Lipinski definition) is 6. The van der Waals surface area contributed by atoms with Gasteiger partial charge in [0, 0.05) is 37.0 Å². The predicted octanol–water partition coefficient (Wildman–Crippen LogP) is 2.97. The van der Waals surface area contributed by atoms with Gasteiger partial charge in [-0.05, 0) is 30.7 Å². The van der Waals surface area contributed by atoms with E-state index in [4.69, 9.17) is 11.6 Å². The van der Waals surface area contributed by atoms with Crippen LogP contribution in [0.4, 0.5) is 17.1 Å². The quantitative estimate of drug-likeness (QED) is 0.585. The Morgan fingerprint density at radius 3 is 2.39 bits per heavy atom. The minimum Gasteiger partial charge on any atom is -0.369 e. The molecule has 0 radical (unpaired) electrons. The van der Waals surface area contributed by atoms with Crippen molar-refractivity contribution in [3.63, 3.8) is 0 Å². The number of nitrogens with zero attached hydrogens (tertiary/aromatic N) is 4. The molecule has 3 heterocycles. The van der Waals surface area contributed by atoms with E-state index in [0.29, 0.717) is 22.8 Å². The fourth-order valence-electron chi connectivity index (χ4n) is 3.24. The number of hydrogen-bond donors (Lipinski definition) is 2. The van der Waals surface area contributed by atoms with Gasteiger partial charge in [-0.25, -0.2) is 18.4 Å². The second kappa shape index (κ2) is 8.20. The van der Waals surface area contributed by atoms with Crippen molar-refractivity contribution in [3.8, 4) is 11.5 Å². The minimum absolute atomic E-state index is 0.259. The first-order valence-electron chi connectivity index (χ1n) is 9.51. The number of carbonyl (C=O) groups excluding carboxylic acids is 1. The standard InChI is InChI=1S/C20H21ClN6O3S/c1-26-12-13(6-18(26)19-22-10-17(11-23-19)27-4-3-5-27)20(28)24-15-7-14(21)8-16(9-15)25-31(2,29)30/h6-12,25H,3-5H2,1-2H3,(H,24,28). The zero-order valence-electron chi connectivity index (χ0n) is 17.0. The van der Waals surface area contributed by atoms with Crippen LogP contribution < -0.4 is 14.9 Å². The Hall–Kier alpha value is -3.11. The van der Waals surface area contributed by atoms with E-state index >= 15 is 0 Å². The van der Waals surface area contributed by atoms with E-state index in [1.807, 2.05) is 7.05 Å². The zero-order valence-corrected chi connectivity index (χ0v) is 18.5. The van der Waals surface area contributed by atoms with Crippen LogP contribution in [0.1, 0.15) is 16.8 Å². The van der Waals surface area contributed by atoms with Crippen molar-refractivity contribution in [2.24, 2.45) is 7.05 Å². The monoisotopic (exact) mass is 460 g/mol. The first-order valence-corrected chi connectivity index (χ1v) is 11.8. The molecule has 9 nitrogen and oxygen atoms in total. The molecule has 31 heavy (non-hydrogen) atoms. The number of halogens is 1. The average molecular weight is 461 g/mol. The normalized spacial score (nSPS) is 13.6. The van der Waals surface area contributed by atoms with Gasteiger partial charge < -0.3 is 14.8 Å². The highest BCUT2D eigenvalue weighted by atomic mass is 35.5. The van der Waals surface area contributed by atoms with Gasteiger partial charge in [0.25, 0.3) is 5.91 Å². The maximum Gasteiger partial charge on any atom is 0.257 e. The Labute approximate surface area is 185 Å². The van der Waals surface area contributed by atoms with E-state index in [-0.39, 0.29) is 16.6 Å². The second-order valence-electron chi connectivity index (χ2n) is 7.39. The van der Waals surface area contributed by atoms with Crippen LogP contribution in [0.5, 0.6) is 0 Å². The third kappa shape index (κ3) is 4.97. The van der Waals surface area contributed by atoms with Crippen molar-refractivity contribution >= 4 is 44.6 Å². The van der Waals surface area contributed by atoms with Gasteiger partial charge >= 0.3 is 0 Å². The summed E-state index contributed by atoms with van der Waals surface area (Å²) in [5, 5.41) is 3.02. The Kier molecular flexibility index (Phi) is 5.59. The van der Waals surface area contributed by atoms with Crippen LogP contribution in [0.2, 0.25) is 5.02 Å². The van der Waals surface area contributed by atoms with Crippen molar-refractivity contribution < 1.29 is 13.2 Å². The summed E-state index contributed by atoms with van der Waals surface area (Å²) in [7, 11) is -1.66. The SMILES string of the molecule is Cn1cc(C(=O)Nc2cc(Cl)cc(NS(C)(=O)=O)c2)cc1-c1ncc(N2CCC2)cn1. The number of amides is 1. The lowest BCUT2D eigenvalue weighted by atomic mass is 10.2. The van der Waals surface area contributed by atoms with Crippen LogP contribution in [-0.2, 0) is 17.1 Å². The third-order valence-corrected chi connectivity index (χ3v) is 5.64. The molecule has 1 aliphatic heterocycles. The third-order valence-electron chi connectivity index (χ3n) is 4.81. The number of aromatic nitrogens is 3. The number of carbonyl (C=O) groups is 1. The number of aryl methyl sites for hydroxylation is 1. The summed E-state index contributed by atoms with van der Waals surface area (Å²) in [6, 6.07) is 6.19. The predicted molar refractivity (Wildman–Crippen MR) is 121 cm³/mol. The number of sulfonamides is 1. The topological polar surface area (TPSA) is 109 Å². The molecule has 0 spiro atoms. The summed E-state index contributed by atoms with van der Waals surface area (Å²) in [6.07, 6.45) is 7.47. The van der Waals surface area contributed by atoms with Gasteiger partial charge in [-0.15, -0.1) is 0 Å². The molecule has 11 heteroatoms. The maximum absolute atomic E-state index is 12.8. The lowest BCUT2D eigenvalue weighted by molar-refractivity contribution is 0.102. The minimum atomic E-state index is -3.47. The molecule has 1 amide bonds. The summed E-state index contributed by atoms with van der Waals surface area (Å²) in [4.78, 5) is 23.8. The summed E-state index contributed by atoms with van der Waals surface area (Å²) in [5.74, 6) is 0.153. The summed E-state index contributed by atoms with van der Waals surface area (Å²) < 4.78 is 27.0. The van der Waals surface area contributed by atoms with Gasteiger partial charge in [-0.2, -0.15) is 0 Å². The van der Waals surface area contributed by atoms with Crippen LogP contribution in [0.25, 0.3) is 11.5 Å². The Bertz CT molecular complexity index is 1240. The molecule has 2 N–H and O–H groups in total. The second-order valence-corrected chi connectivity index (χ2v) is 9.57. The Morgan fingerprint density at radius 2 is 1.77 bits per heavy atom. The van der Waals surface area contributed by atoms with Gasteiger partial charge in [0.05, 0.1) is 41.3 Å². The number of nitrogens with one attached hydrogen (secondary N) is 2. The molecule has 0 atom stereocenters. The molecule has 1 aliphatic rings. The molecular weight excluding hydrogens is 440 g/mol. The average Bonchev–Trinajstić information content (AvgIpc) is 3.01. The summed E-state index contributed by atoms with van der Waals surface area (Å²) in [6.45, 7) is 2.03. The van der Waals surface area contributed by atoms with Crippen molar-refractivity contribution in [1.82, 2.24) is 14.5 Å². The molecule has 1 aromatic carbocycles. The molecule has 1 fully saturated rings. The molecular formula is C20H21ClN6O3S. The fraction of sp³-hybridized carbons (Fsp3) is 0.250. The van der Waals surface area contributed by atoms with E-state index in [9.17, 15) is 13.2 Å². The molecule has 162 valence electrons. The van der Waals surface area contributed by atoms with E-state index in [2.05, 4.69) is 24.9 Å². The van der Waals surface area contributed by atoms with Crippen LogP contribution in [0.15, 0.2) is 42.9 Å². The summed E-state index contributed by atoms with van der Waals surface area (Å²) >= 11 is 6.06. The van der Waals surface area contributed by atoms with Gasteiger partial charge in [0.2, 0.25) is 10.0 Å². The molecule has 1 saturated heterocycles. The fourth-order valence-corrected chi connectivity index (χ4v) is 4.02. The molecule has 0 saturated carbocycles. The molecule has 3 aromatic rings. The van der Waals surface area contributed by atoms with Crippen LogP contribution in [-0.4, -0.2) is 48.2 Å². The Balaban J connectivity index is 1.52. The largest absolute Gasteiger partial charge is 0.369 e. The highest BCUT2D eigenvalue weighted by Crippen LogP contribution is 2.25. The lowest BCUT2D eigenvalue weighted by Crippen LogP contribution is -2.37. The van der Waals surface area contributed by atoms with Crippen LogP contribution in [0, 0.1) is 0 Å². The van der Waals surface area contributed by atoms with E-state index < -0.39 is 10.0 Å². The van der Waals surface area contributed by atoms with E-state index in [1.165, 1.54) is 24.6 Å². The van der Waals surface area contributed by atoms with Gasteiger partial charge in [0.15, 0.2) is 5.82 Å². The number of benzene rings is 1. The van der Waals surface area contributed by atoms with Crippen molar-refractivity contribution in [3.05, 3.63) is 53.4 Å². The molecule has 4 rings (SSSR count). The maximum atomic E-state index is 12.8. The zero-order chi connectivity index (χ0) is 22.2. The number of anilines is 3. The van der Waals surface area contributed by atoms with E-state index in [0.717, 1.165) is 25.0 Å². The van der Waals surface area contributed by atoms with Crippen molar-refractivity contribution in [1.29, 1.82) is 0 Å². The van der Waals surface area contributed by atoms with Crippen LogP contribution in [0.3, 0.4) is 0 Å².